The van der Waals surface area contributed by atoms with Crippen molar-refractivity contribution in [1.82, 2.24) is 15.1 Å². The SMILES string of the molecule is CN=C(NCCc1ccc2c(c1)CCO2)N1CCN(Cc2cccs2)CC1.I. The molecule has 2 aliphatic rings. The summed E-state index contributed by atoms with van der Waals surface area (Å²) < 4.78 is 5.59. The van der Waals surface area contributed by atoms with Gasteiger partial charge in [-0.1, -0.05) is 18.2 Å². The maximum absolute atomic E-state index is 5.59. The van der Waals surface area contributed by atoms with Crippen LogP contribution in [0.1, 0.15) is 16.0 Å². The predicted octanol–water partition coefficient (Wildman–Crippen LogP) is 3.24. The lowest BCUT2D eigenvalue weighted by molar-refractivity contribution is 0.174. The fourth-order valence-electron chi connectivity index (χ4n) is 3.79. The first kappa shape index (κ1) is 21.4. The second-order valence-electron chi connectivity index (χ2n) is 7.11. The van der Waals surface area contributed by atoms with Gasteiger partial charge in [0, 0.05) is 57.6 Å². The summed E-state index contributed by atoms with van der Waals surface area (Å²) in [6, 6.07) is 10.9. The lowest BCUT2D eigenvalue weighted by atomic mass is 10.1. The van der Waals surface area contributed by atoms with Crippen molar-refractivity contribution < 1.29 is 4.74 Å². The summed E-state index contributed by atoms with van der Waals surface area (Å²) in [6.45, 7) is 7.03. The highest BCUT2D eigenvalue weighted by molar-refractivity contribution is 14.0. The van der Waals surface area contributed by atoms with Gasteiger partial charge in [0.15, 0.2) is 5.96 Å². The van der Waals surface area contributed by atoms with Crippen LogP contribution in [0.15, 0.2) is 40.7 Å². The third-order valence-corrected chi connectivity index (χ3v) is 6.15. The predicted molar refractivity (Wildman–Crippen MR) is 127 cm³/mol. The van der Waals surface area contributed by atoms with Gasteiger partial charge >= 0.3 is 0 Å². The van der Waals surface area contributed by atoms with E-state index in [1.807, 2.05) is 18.4 Å². The maximum atomic E-state index is 5.59. The Morgan fingerprint density at radius 2 is 2.07 bits per heavy atom. The summed E-state index contributed by atoms with van der Waals surface area (Å²) in [4.78, 5) is 10.9. The molecule has 28 heavy (non-hydrogen) atoms. The number of rotatable bonds is 5. The first-order chi connectivity index (χ1) is 13.3. The minimum atomic E-state index is 0. The second kappa shape index (κ2) is 10.5. The number of thiophene rings is 1. The van der Waals surface area contributed by atoms with Crippen molar-refractivity contribution in [3.63, 3.8) is 0 Å². The van der Waals surface area contributed by atoms with Gasteiger partial charge < -0.3 is 15.0 Å². The number of halogens is 1. The first-order valence-corrected chi connectivity index (χ1v) is 10.6. The van der Waals surface area contributed by atoms with Crippen LogP contribution in [-0.2, 0) is 19.4 Å². The molecule has 3 heterocycles. The molecule has 0 unspecified atom stereocenters. The Kier molecular flexibility index (Phi) is 7.99. The smallest absolute Gasteiger partial charge is 0.193 e. The summed E-state index contributed by atoms with van der Waals surface area (Å²) in [5.74, 6) is 2.08. The quantitative estimate of drug-likeness (QED) is 0.380. The van der Waals surface area contributed by atoms with E-state index in [4.69, 9.17) is 4.74 Å². The normalized spacial score (nSPS) is 17.0. The van der Waals surface area contributed by atoms with Gasteiger partial charge in [0.1, 0.15) is 5.75 Å². The lowest BCUT2D eigenvalue weighted by Crippen LogP contribution is -2.52. The van der Waals surface area contributed by atoms with E-state index in [0.29, 0.717) is 0 Å². The molecule has 0 bridgehead atoms. The van der Waals surface area contributed by atoms with E-state index in [2.05, 4.69) is 55.8 Å². The number of ether oxygens (including phenoxy) is 1. The largest absolute Gasteiger partial charge is 0.493 e. The van der Waals surface area contributed by atoms with Crippen LogP contribution >= 0.6 is 35.3 Å². The molecule has 0 atom stereocenters. The molecule has 1 fully saturated rings. The third-order valence-electron chi connectivity index (χ3n) is 5.29. The lowest BCUT2D eigenvalue weighted by Gasteiger charge is -2.36. The molecular formula is C21H29IN4OS. The van der Waals surface area contributed by atoms with Gasteiger partial charge in [-0.15, -0.1) is 35.3 Å². The van der Waals surface area contributed by atoms with E-state index < -0.39 is 0 Å². The van der Waals surface area contributed by atoms with E-state index in [1.165, 1.54) is 16.0 Å². The minimum absolute atomic E-state index is 0. The molecule has 2 aromatic rings. The van der Waals surface area contributed by atoms with Crippen LogP contribution in [0.2, 0.25) is 0 Å². The fraction of sp³-hybridized carbons (Fsp3) is 0.476. The topological polar surface area (TPSA) is 40.1 Å². The second-order valence-corrected chi connectivity index (χ2v) is 8.14. The molecule has 0 spiro atoms. The fourth-order valence-corrected chi connectivity index (χ4v) is 4.53. The Labute approximate surface area is 188 Å². The van der Waals surface area contributed by atoms with Crippen molar-refractivity contribution in [3.8, 4) is 5.75 Å². The molecule has 2 aliphatic heterocycles. The molecule has 4 rings (SSSR count). The number of hydrogen-bond donors (Lipinski definition) is 1. The number of benzene rings is 1. The van der Waals surface area contributed by atoms with E-state index in [0.717, 1.165) is 70.4 Å². The highest BCUT2D eigenvalue weighted by Gasteiger charge is 2.19. The monoisotopic (exact) mass is 512 g/mol. The summed E-state index contributed by atoms with van der Waals surface area (Å²) in [5, 5.41) is 5.70. The van der Waals surface area contributed by atoms with Crippen molar-refractivity contribution >= 4 is 41.3 Å². The van der Waals surface area contributed by atoms with E-state index in [-0.39, 0.29) is 24.0 Å². The Bertz CT molecular complexity index is 773. The zero-order chi connectivity index (χ0) is 18.5. The van der Waals surface area contributed by atoms with Crippen molar-refractivity contribution in [2.24, 2.45) is 4.99 Å². The van der Waals surface area contributed by atoms with E-state index in [1.54, 1.807) is 0 Å². The van der Waals surface area contributed by atoms with Gasteiger partial charge in [0.25, 0.3) is 0 Å². The van der Waals surface area contributed by atoms with Crippen LogP contribution in [0, 0.1) is 0 Å². The molecule has 152 valence electrons. The van der Waals surface area contributed by atoms with Crippen molar-refractivity contribution in [1.29, 1.82) is 0 Å². The average molecular weight is 512 g/mol. The van der Waals surface area contributed by atoms with Gasteiger partial charge in [-0.05, 0) is 35.1 Å². The van der Waals surface area contributed by atoms with Crippen LogP contribution in [-0.4, -0.2) is 62.1 Å². The highest BCUT2D eigenvalue weighted by Crippen LogP contribution is 2.25. The van der Waals surface area contributed by atoms with Crippen molar-refractivity contribution in [2.45, 2.75) is 19.4 Å². The van der Waals surface area contributed by atoms with Gasteiger partial charge in [-0.2, -0.15) is 0 Å². The molecule has 1 aromatic heterocycles. The first-order valence-electron chi connectivity index (χ1n) is 9.77. The highest BCUT2D eigenvalue weighted by atomic mass is 127. The van der Waals surface area contributed by atoms with E-state index in [9.17, 15) is 0 Å². The zero-order valence-corrected chi connectivity index (χ0v) is 19.5. The third kappa shape index (κ3) is 5.39. The maximum Gasteiger partial charge on any atom is 0.193 e. The standard InChI is InChI=1S/C21H28N4OS.HI/c1-22-21(23-8-6-17-4-5-20-18(15-17)7-13-26-20)25-11-9-24(10-12-25)16-19-3-2-14-27-19;/h2-5,14-15H,6-13,16H2,1H3,(H,22,23);1H. The molecule has 0 amide bonds. The zero-order valence-electron chi connectivity index (χ0n) is 16.4. The summed E-state index contributed by atoms with van der Waals surface area (Å²) in [6.07, 6.45) is 2.04. The molecule has 0 saturated carbocycles. The van der Waals surface area contributed by atoms with Crippen LogP contribution < -0.4 is 10.1 Å². The molecule has 1 saturated heterocycles. The number of nitrogens with one attached hydrogen (secondary N) is 1. The molecule has 0 radical (unpaired) electrons. The van der Waals surface area contributed by atoms with Crippen molar-refractivity contribution in [2.75, 3.05) is 46.4 Å². The Morgan fingerprint density at radius 1 is 1.21 bits per heavy atom. The van der Waals surface area contributed by atoms with Crippen LogP contribution in [0.25, 0.3) is 0 Å². The molecule has 1 N–H and O–H groups in total. The number of nitrogens with zero attached hydrogens (tertiary/aromatic N) is 3. The number of guanidine groups is 1. The molecule has 7 heteroatoms. The minimum Gasteiger partial charge on any atom is -0.493 e. The number of hydrogen-bond acceptors (Lipinski definition) is 4. The van der Waals surface area contributed by atoms with Crippen LogP contribution in [0.4, 0.5) is 0 Å². The summed E-state index contributed by atoms with van der Waals surface area (Å²) in [5.41, 5.74) is 2.71. The van der Waals surface area contributed by atoms with Gasteiger partial charge in [-0.25, -0.2) is 0 Å². The summed E-state index contributed by atoms with van der Waals surface area (Å²) in [7, 11) is 1.88. The molecule has 0 aliphatic carbocycles. The van der Waals surface area contributed by atoms with Gasteiger partial charge in [0.05, 0.1) is 6.61 Å². The van der Waals surface area contributed by atoms with E-state index >= 15 is 0 Å². The Hall–Kier alpha value is -1.32. The number of fused-ring (bicyclic) bond motifs is 1. The average Bonchev–Trinajstić information content (AvgIpc) is 3.37. The van der Waals surface area contributed by atoms with Gasteiger partial charge in [0.2, 0.25) is 0 Å². The summed E-state index contributed by atoms with van der Waals surface area (Å²) >= 11 is 1.85. The number of piperazine rings is 1. The van der Waals surface area contributed by atoms with Crippen LogP contribution in [0.3, 0.4) is 0 Å². The Morgan fingerprint density at radius 3 is 2.82 bits per heavy atom. The van der Waals surface area contributed by atoms with Gasteiger partial charge in [-0.3, -0.25) is 9.89 Å². The Balaban J connectivity index is 0.00000225. The molecule has 1 aromatic carbocycles. The van der Waals surface area contributed by atoms with Crippen molar-refractivity contribution in [3.05, 3.63) is 51.7 Å². The molecular weight excluding hydrogens is 483 g/mol. The molecule has 5 nitrogen and oxygen atoms in total. The number of aliphatic imine (C=N–C) groups is 1. The van der Waals surface area contributed by atoms with Crippen LogP contribution in [0.5, 0.6) is 5.75 Å².